The second kappa shape index (κ2) is 15.1. The van der Waals surface area contributed by atoms with Gasteiger partial charge in [0.25, 0.3) is 0 Å². The molecule has 0 amide bonds. The highest BCUT2D eigenvalue weighted by atomic mass is 16.8. The van der Waals surface area contributed by atoms with E-state index in [2.05, 4.69) is 0 Å². The lowest BCUT2D eigenvalue weighted by Crippen LogP contribution is -2.45. The van der Waals surface area contributed by atoms with E-state index < -0.39 is 47.8 Å². The quantitative estimate of drug-likeness (QED) is 0.362. The van der Waals surface area contributed by atoms with Gasteiger partial charge in [0, 0.05) is 51.4 Å². The summed E-state index contributed by atoms with van der Waals surface area (Å²) in [6.45, 7) is 0.922. The van der Waals surface area contributed by atoms with Crippen molar-refractivity contribution in [3.63, 3.8) is 0 Å². The number of rotatable bonds is 5. The maximum absolute atomic E-state index is 11.1. The Balaban J connectivity index is 0.000000145. The van der Waals surface area contributed by atoms with Crippen LogP contribution >= 0.6 is 0 Å². The molecule has 0 aromatic rings. The van der Waals surface area contributed by atoms with Crippen molar-refractivity contribution < 1.29 is 57.6 Å². The first kappa shape index (κ1) is 36.1. The van der Waals surface area contributed by atoms with Gasteiger partial charge in [-0.3, -0.25) is 0 Å². The summed E-state index contributed by atoms with van der Waals surface area (Å²) >= 11 is 0. The minimum Gasteiger partial charge on any atom is -0.505 e. The monoisotopic (exact) mass is 708 g/mol. The van der Waals surface area contributed by atoms with E-state index in [0.29, 0.717) is 13.2 Å². The Kier molecular flexibility index (Phi) is 10.9. The number of hydrogen-bond donors (Lipinski definition) is 2. The fourth-order valence-corrected chi connectivity index (χ4v) is 10.0. The Bertz CT molecular complexity index is 1140. The summed E-state index contributed by atoms with van der Waals surface area (Å²) in [4.78, 5) is 0. The van der Waals surface area contributed by atoms with Gasteiger partial charge in [-0.2, -0.15) is 0 Å². The van der Waals surface area contributed by atoms with E-state index in [-0.39, 0.29) is 30.5 Å². The van der Waals surface area contributed by atoms with E-state index in [1.165, 1.54) is 25.7 Å². The van der Waals surface area contributed by atoms with E-state index in [0.717, 1.165) is 103 Å². The number of ether oxygens (including phenoxy) is 10. The summed E-state index contributed by atoms with van der Waals surface area (Å²) in [5.41, 5.74) is 0. The molecule has 50 heavy (non-hydrogen) atoms. The molecule has 12 heteroatoms. The van der Waals surface area contributed by atoms with Gasteiger partial charge in [0.05, 0.1) is 26.6 Å². The van der Waals surface area contributed by atoms with Crippen molar-refractivity contribution in [3.8, 4) is 0 Å². The van der Waals surface area contributed by atoms with Gasteiger partial charge < -0.3 is 57.6 Å². The molecule has 4 aliphatic carbocycles. The van der Waals surface area contributed by atoms with Crippen molar-refractivity contribution in [1.29, 1.82) is 0 Å². The summed E-state index contributed by atoms with van der Waals surface area (Å²) < 4.78 is 60.6. The maximum atomic E-state index is 11.1. The molecule has 5 aliphatic heterocycles. The molecular weight excluding hydrogens is 648 g/mol. The van der Waals surface area contributed by atoms with Crippen LogP contribution in [0.5, 0.6) is 0 Å². The predicted octanol–water partition coefficient (Wildman–Crippen LogP) is 5.25. The number of aliphatic hydroxyl groups excluding tert-OH is 2. The summed E-state index contributed by atoms with van der Waals surface area (Å²) in [5, 5.41) is 21.4. The molecule has 9 atom stereocenters. The lowest BCUT2D eigenvalue weighted by molar-refractivity contribution is -0.260. The van der Waals surface area contributed by atoms with Crippen molar-refractivity contribution in [2.45, 2.75) is 207 Å². The Morgan fingerprint density at radius 1 is 0.580 bits per heavy atom. The molecule has 5 unspecified atom stereocenters. The Morgan fingerprint density at radius 2 is 1.10 bits per heavy atom. The van der Waals surface area contributed by atoms with Gasteiger partial charge in [0.1, 0.15) is 48.8 Å². The third kappa shape index (κ3) is 7.30. The van der Waals surface area contributed by atoms with Crippen LogP contribution in [0.4, 0.5) is 0 Å². The van der Waals surface area contributed by atoms with Crippen molar-refractivity contribution in [2.24, 2.45) is 0 Å². The smallest absolute Gasteiger partial charge is 0.184 e. The van der Waals surface area contributed by atoms with Gasteiger partial charge in [-0.1, -0.05) is 25.7 Å². The molecule has 0 aromatic heterocycles. The van der Waals surface area contributed by atoms with Gasteiger partial charge in [-0.25, -0.2) is 0 Å². The van der Waals surface area contributed by atoms with Crippen molar-refractivity contribution in [3.05, 3.63) is 12.3 Å². The average Bonchev–Trinajstić information content (AvgIpc) is 3.96. The van der Waals surface area contributed by atoms with Crippen LogP contribution < -0.4 is 0 Å². The molecule has 5 heterocycles. The number of hydrogen-bond acceptors (Lipinski definition) is 12. The Hall–Kier alpha value is -0.900. The zero-order valence-corrected chi connectivity index (χ0v) is 29.9. The highest BCUT2D eigenvalue weighted by Gasteiger charge is 2.62. The van der Waals surface area contributed by atoms with Crippen LogP contribution in [-0.4, -0.2) is 109 Å². The van der Waals surface area contributed by atoms with Crippen LogP contribution in [-0.2, 0) is 47.4 Å². The van der Waals surface area contributed by atoms with Crippen LogP contribution in [0, 0.1) is 0 Å². The molecule has 5 saturated heterocycles. The van der Waals surface area contributed by atoms with Crippen molar-refractivity contribution >= 4 is 0 Å². The van der Waals surface area contributed by atoms with E-state index in [1.807, 2.05) is 6.08 Å². The average molecular weight is 709 g/mol. The van der Waals surface area contributed by atoms with Crippen LogP contribution in [0.2, 0.25) is 0 Å². The first-order valence-corrected chi connectivity index (χ1v) is 19.9. The van der Waals surface area contributed by atoms with Crippen LogP contribution in [0.1, 0.15) is 128 Å². The largest absolute Gasteiger partial charge is 0.505 e. The van der Waals surface area contributed by atoms with Gasteiger partial charge in [0.15, 0.2) is 29.4 Å². The van der Waals surface area contributed by atoms with Crippen molar-refractivity contribution in [2.75, 3.05) is 20.3 Å². The Morgan fingerprint density at radius 3 is 1.70 bits per heavy atom. The van der Waals surface area contributed by atoms with Gasteiger partial charge >= 0.3 is 0 Å². The third-order valence-corrected chi connectivity index (χ3v) is 12.7. The molecule has 12 nitrogen and oxygen atoms in total. The van der Waals surface area contributed by atoms with Gasteiger partial charge in [-0.15, -0.1) is 0 Å². The third-order valence-electron chi connectivity index (χ3n) is 12.7. The second-order valence-corrected chi connectivity index (χ2v) is 16.2. The summed E-state index contributed by atoms with van der Waals surface area (Å²) in [6, 6.07) is 0. The fraction of sp³-hybridized carbons (Fsp3) is 0.947. The number of fused-ring (bicyclic) bond motifs is 1. The van der Waals surface area contributed by atoms with E-state index in [9.17, 15) is 10.2 Å². The molecule has 284 valence electrons. The van der Waals surface area contributed by atoms with Gasteiger partial charge in [-0.05, 0) is 57.4 Å². The SMILES string of the molecule is COC=C[C@@H]1OC2(CCCCC2)OC1[C@@H](O)C1COC2(CCCCC2)O1.OC1O[C@@H](C2COC3(CCCCC3)O2)C2OC3(CCCCC3)O[C@@H]12. The highest BCUT2D eigenvalue weighted by Crippen LogP contribution is 2.49. The molecule has 9 aliphatic rings. The molecule has 0 radical (unpaired) electrons. The summed E-state index contributed by atoms with van der Waals surface area (Å²) in [7, 11) is 1.61. The maximum Gasteiger partial charge on any atom is 0.184 e. The first-order chi connectivity index (χ1) is 24.3. The molecule has 0 aromatic carbocycles. The van der Waals surface area contributed by atoms with Crippen LogP contribution in [0.3, 0.4) is 0 Å². The lowest BCUT2D eigenvalue weighted by Gasteiger charge is -2.35. The van der Waals surface area contributed by atoms with E-state index in [4.69, 9.17) is 47.4 Å². The number of methoxy groups -OCH3 is 1. The first-order valence-electron chi connectivity index (χ1n) is 19.9. The summed E-state index contributed by atoms with van der Waals surface area (Å²) in [5.74, 6) is -2.02. The van der Waals surface area contributed by atoms with Crippen LogP contribution in [0.15, 0.2) is 12.3 Å². The molecule has 0 bridgehead atoms. The van der Waals surface area contributed by atoms with Gasteiger partial charge in [0.2, 0.25) is 0 Å². The number of aliphatic hydroxyl groups is 2. The second-order valence-electron chi connectivity index (χ2n) is 16.2. The fourth-order valence-electron chi connectivity index (χ4n) is 10.0. The molecule has 9 fully saturated rings. The minimum atomic E-state index is -0.937. The summed E-state index contributed by atoms with van der Waals surface area (Å²) in [6.07, 6.45) is 20.5. The van der Waals surface area contributed by atoms with Crippen molar-refractivity contribution in [1.82, 2.24) is 0 Å². The zero-order chi connectivity index (χ0) is 34.2. The van der Waals surface area contributed by atoms with E-state index in [1.54, 1.807) is 13.4 Å². The molecule has 9 rings (SSSR count). The predicted molar refractivity (Wildman–Crippen MR) is 177 cm³/mol. The topological polar surface area (TPSA) is 133 Å². The standard InChI is InChI=1S/C20H32O6.C18H28O6/c1-22-13-8-15-18(26-20(24-15)11-6-3-7-12-20)17(21)16-14-23-19(25-16)9-4-2-5-10-19;19-16-15-14(23-18(24-15)9-5-2-6-10-18)13(21-16)12-11-20-17(22-12)7-3-1-4-8-17/h8,13,15-18,21H,2-7,9-12,14H2,1H3;12-16,19H,1-11H2/t15-,16?,17-,18?;12?,13-,14?,15+,16?/m00/s1. The lowest BCUT2D eigenvalue weighted by atomic mass is 9.94. The zero-order valence-electron chi connectivity index (χ0n) is 29.9. The Labute approximate surface area is 296 Å². The molecular formula is C38H60O12. The van der Waals surface area contributed by atoms with E-state index >= 15 is 0 Å². The normalized spacial score (nSPS) is 41.9. The molecule has 4 saturated carbocycles. The molecule has 2 N–H and O–H groups in total. The minimum absolute atomic E-state index is 0.185. The highest BCUT2D eigenvalue weighted by molar-refractivity contribution is 5.04. The molecule has 4 spiro atoms. The van der Waals surface area contributed by atoms with Crippen LogP contribution in [0.25, 0.3) is 0 Å².